The molecule has 2 heterocycles. The van der Waals surface area contributed by atoms with Crippen molar-refractivity contribution in [2.24, 2.45) is 0 Å². The monoisotopic (exact) mass is 277 g/mol. The molecule has 2 aliphatic rings. The molecule has 7 heteroatoms. The van der Waals surface area contributed by atoms with Crippen molar-refractivity contribution in [3.63, 3.8) is 0 Å². The molecule has 2 rings (SSSR count). The Labute approximate surface area is 110 Å². The van der Waals surface area contributed by atoms with Crippen LogP contribution in [0.2, 0.25) is 0 Å². The predicted molar refractivity (Wildman–Crippen MR) is 69.6 cm³/mol. The van der Waals surface area contributed by atoms with Gasteiger partial charge in [-0.15, -0.1) is 0 Å². The molecule has 2 saturated heterocycles. The summed E-state index contributed by atoms with van der Waals surface area (Å²) < 4.78 is 33.1. The van der Waals surface area contributed by atoms with E-state index >= 15 is 0 Å². The Morgan fingerprint density at radius 1 is 0.944 bits per heavy atom. The van der Waals surface area contributed by atoms with Crippen LogP contribution in [0, 0.1) is 0 Å². The van der Waals surface area contributed by atoms with Crippen molar-refractivity contribution in [3.05, 3.63) is 0 Å². The van der Waals surface area contributed by atoms with E-state index in [-0.39, 0.29) is 0 Å². The van der Waals surface area contributed by atoms with Gasteiger partial charge in [0.15, 0.2) is 0 Å². The molecular weight excluding hydrogens is 254 g/mol. The number of hydrogen-bond acceptors (Lipinski definition) is 4. The number of hydrogen-bond donors (Lipinski definition) is 0. The zero-order valence-corrected chi connectivity index (χ0v) is 11.9. The Bertz CT molecular complexity index is 347. The average Bonchev–Trinajstić information content (AvgIpc) is 2.41. The molecule has 0 aromatic carbocycles. The fourth-order valence-corrected chi connectivity index (χ4v) is 4.00. The molecule has 0 unspecified atom stereocenters. The second-order valence-electron chi connectivity index (χ2n) is 4.76. The fourth-order valence-electron chi connectivity index (χ4n) is 2.44. The molecule has 0 atom stereocenters. The van der Waals surface area contributed by atoms with Gasteiger partial charge in [0.2, 0.25) is 0 Å². The molecular formula is C11H23N3O3S. The summed E-state index contributed by atoms with van der Waals surface area (Å²) in [5, 5.41) is 0. The van der Waals surface area contributed by atoms with Crippen LogP contribution in [0.5, 0.6) is 0 Å². The van der Waals surface area contributed by atoms with E-state index in [0.717, 1.165) is 26.1 Å². The van der Waals surface area contributed by atoms with Gasteiger partial charge in [-0.05, 0) is 13.0 Å². The van der Waals surface area contributed by atoms with Crippen LogP contribution in [0.1, 0.15) is 13.3 Å². The van der Waals surface area contributed by atoms with Gasteiger partial charge in [-0.3, -0.25) is 0 Å². The lowest BCUT2D eigenvalue weighted by Crippen LogP contribution is -2.54. The summed E-state index contributed by atoms with van der Waals surface area (Å²) in [5.41, 5.74) is 0. The molecule has 0 aromatic rings. The first kappa shape index (κ1) is 14.2. The summed E-state index contributed by atoms with van der Waals surface area (Å²) in [4.78, 5) is 2.32. The van der Waals surface area contributed by atoms with Crippen molar-refractivity contribution in [1.29, 1.82) is 0 Å². The smallest absolute Gasteiger partial charge is 0.282 e. The Morgan fingerprint density at radius 3 is 2.06 bits per heavy atom. The number of nitrogens with zero attached hydrogens (tertiary/aromatic N) is 3. The summed E-state index contributed by atoms with van der Waals surface area (Å²) in [6.45, 7) is 8.11. The lowest BCUT2D eigenvalue weighted by molar-refractivity contribution is 0.0685. The maximum atomic E-state index is 12.4. The standard InChI is InChI=1S/C11H23N3O3S/c1-2-3-12-4-6-13(7-5-12)18(15,16)14-8-10-17-11-9-14/h2-11H2,1H3. The average molecular weight is 277 g/mol. The highest BCUT2D eigenvalue weighted by atomic mass is 32.2. The first-order valence-corrected chi connectivity index (χ1v) is 8.09. The molecule has 2 aliphatic heterocycles. The van der Waals surface area contributed by atoms with Crippen molar-refractivity contribution < 1.29 is 13.2 Å². The van der Waals surface area contributed by atoms with Crippen LogP contribution < -0.4 is 0 Å². The Morgan fingerprint density at radius 2 is 1.50 bits per heavy atom. The van der Waals surface area contributed by atoms with Crippen LogP contribution in [-0.2, 0) is 14.9 Å². The van der Waals surface area contributed by atoms with Crippen LogP contribution in [0.3, 0.4) is 0 Å². The zero-order valence-electron chi connectivity index (χ0n) is 11.0. The van der Waals surface area contributed by atoms with E-state index in [1.54, 1.807) is 8.61 Å². The number of piperazine rings is 1. The van der Waals surface area contributed by atoms with Gasteiger partial charge in [-0.1, -0.05) is 6.92 Å². The predicted octanol–water partition coefficient (Wildman–Crippen LogP) is -0.409. The Hall–Kier alpha value is -0.210. The summed E-state index contributed by atoms with van der Waals surface area (Å²) >= 11 is 0. The molecule has 106 valence electrons. The molecule has 0 saturated carbocycles. The highest BCUT2D eigenvalue weighted by Gasteiger charge is 2.32. The van der Waals surface area contributed by atoms with Crippen LogP contribution in [0.15, 0.2) is 0 Å². The van der Waals surface area contributed by atoms with Crippen molar-refractivity contribution >= 4 is 10.2 Å². The molecule has 0 amide bonds. The summed E-state index contributed by atoms with van der Waals surface area (Å²) in [6, 6.07) is 0. The van der Waals surface area contributed by atoms with Crippen LogP contribution in [0.25, 0.3) is 0 Å². The van der Waals surface area contributed by atoms with E-state index < -0.39 is 10.2 Å². The van der Waals surface area contributed by atoms with Crippen LogP contribution in [0.4, 0.5) is 0 Å². The second kappa shape index (κ2) is 6.29. The third kappa shape index (κ3) is 3.21. The lowest BCUT2D eigenvalue weighted by atomic mass is 10.3. The Kier molecular flexibility index (Phi) is 4.97. The quantitative estimate of drug-likeness (QED) is 0.701. The van der Waals surface area contributed by atoms with Crippen molar-refractivity contribution in [2.75, 3.05) is 59.0 Å². The van der Waals surface area contributed by atoms with E-state index in [1.807, 2.05) is 0 Å². The van der Waals surface area contributed by atoms with Crippen molar-refractivity contribution in [1.82, 2.24) is 13.5 Å². The van der Waals surface area contributed by atoms with Gasteiger partial charge >= 0.3 is 0 Å². The molecule has 6 nitrogen and oxygen atoms in total. The van der Waals surface area contributed by atoms with Crippen molar-refractivity contribution in [2.45, 2.75) is 13.3 Å². The maximum Gasteiger partial charge on any atom is 0.282 e. The van der Waals surface area contributed by atoms with Gasteiger partial charge in [0.1, 0.15) is 0 Å². The zero-order chi connectivity index (χ0) is 13.0. The maximum absolute atomic E-state index is 12.4. The molecule has 0 radical (unpaired) electrons. The van der Waals surface area contributed by atoms with Gasteiger partial charge in [0, 0.05) is 39.3 Å². The molecule has 0 aromatic heterocycles. The van der Waals surface area contributed by atoms with E-state index in [9.17, 15) is 8.42 Å². The van der Waals surface area contributed by atoms with Crippen molar-refractivity contribution in [3.8, 4) is 0 Å². The summed E-state index contributed by atoms with van der Waals surface area (Å²) in [6.07, 6.45) is 1.12. The first-order valence-electron chi connectivity index (χ1n) is 6.70. The molecule has 2 fully saturated rings. The lowest BCUT2D eigenvalue weighted by Gasteiger charge is -2.37. The SMILES string of the molecule is CCCN1CCN(S(=O)(=O)N2CCOCC2)CC1. The molecule has 0 aliphatic carbocycles. The minimum absolute atomic E-state index is 0.484. The highest BCUT2D eigenvalue weighted by Crippen LogP contribution is 2.13. The minimum Gasteiger partial charge on any atom is -0.379 e. The van der Waals surface area contributed by atoms with Gasteiger partial charge in [-0.25, -0.2) is 0 Å². The number of rotatable bonds is 4. The van der Waals surface area contributed by atoms with Gasteiger partial charge in [-0.2, -0.15) is 17.0 Å². The summed E-state index contributed by atoms with van der Waals surface area (Å²) in [7, 11) is -3.26. The summed E-state index contributed by atoms with van der Waals surface area (Å²) in [5.74, 6) is 0. The van der Waals surface area contributed by atoms with Crippen LogP contribution >= 0.6 is 0 Å². The molecule has 0 N–H and O–H groups in total. The van der Waals surface area contributed by atoms with E-state index in [1.165, 1.54) is 0 Å². The van der Waals surface area contributed by atoms with Gasteiger partial charge in [0.25, 0.3) is 10.2 Å². The van der Waals surface area contributed by atoms with E-state index in [2.05, 4.69) is 11.8 Å². The Balaban J connectivity index is 1.91. The number of morpholine rings is 1. The fraction of sp³-hybridized carbons (Fsp3) is 1.00. The van der Waals surface area contributed by atoms with Gasteiger partial charge < -0.3 is 9.64 Å². The molecule has 0 bridgehead atoms. The second-order valence-corrected chi connectivity index (χ2v) is 6.69. The normalized spacial score (nSPS) is 25.4. The third-order valence-corrected chi connectivity index (χ3v) is 5.53. The minimum atomic E-state index is -3.26. The largest absolute Gasteiger partial charge is 0.379 e. The molecule has 0 spiro atoms. The van der Waals surface area contributed by atoms with Gasteiger partial charge in [0.05, 0.1) is 13.2 Å². The van der Waals surface area contributed by atoms with Crippen LogP contribution in [-0.4, -0.2) is 81.0 Å². The number of ether oxygens (including phenoxy) is 1. The first-order chi connectivity index (χ1) is 8.64. The highest BCUT2D eigenvalue weighted by molar-refractivity contribution is 7.86. The topological polar surface area (TPSA) is 53.1 Å². The third-order valence-electron chi connectivity index (χ3n) is 3.49. The van der Waals surface area contributed by atoms with E-state index in [4.69, 9.17) is 4.74 Å². The van der Waals surface area contributed by atoms with E-state index in [0.29, 0.717) is 39.4 Å². The molecule has 18 heavy (non-hydrogen) atoms.